The molecule has 0 saturated carbocycles. The van der Waals surface area contributed by atoms with Crippen molar-refractivity contribution in [3.8, 4) is 0 Å². The number of aromatic nitrogens is 1. The number of hydrogen-bond acceptors (Lipinski definition) is 4. The molecule has 0 bridgehead atoms. The first-order chi connectivity index (χ1) is 8.06. The maximum Gasteiger partial charge on any atom is 0.176 e. The standard InChI is InChI=1S/C13H20N2OS/c1-8-4-5-14-11(6-8)7-12(16)13-9(2)15-10(3)17-13/h8,11,14H,4-7H2,1-3H3. The van der Waals surface area contributed by atoms with Crippen LogP contribution in [-0.2, 0) is 0 Å². The van der Waals surface area contributed by atoms with E-state index in [1.54, 1.807) is 0 Å². The molecule has 2 rings (SSSR count). The van der Waals surface area contributed by atoms with Crippen molar-refractivity contribution >= 4 is 17.1 Å². The maximum absolute atomic E-state index is 12.2. The summed E-state index contributed by atoms with van der Waals surface area (Å²) in [5.41, 5.74) is 0.890. The van der Waals surface area contributed by atoms with Crippen molar-refractivity contribution in [1.29, 1.82) is 0 Å². The number of nitrogens with one attached hydrogen (secondary N) is 1. The Morgan fingerprint density at radius 1 is 1.53 bits per heavy atom. The van der Waals surface area contributed by atoms with Crippen LogP contribution in [0, 0.1) is 19.8 Å². The van der Waals surface area contributed by atoms with E-state index in [1.807, 2.05) is 13.8 Å². The van der Waals surface area contributed by atoms with Crippen molar-refractivity contribution in [3.63, 3.8) is 0 Å². The molecule has 0 amide bonds. The van der Waals surface area contributed by atoms with E-state index in [9.17, 15) is 4.79 Å². The average Bonchev–Trinajstić information content (AvgIpc) is 2.58. The van der Waals surface area contributed by atoms with E-state index < -0.39 is 0 Å². The second-order valence-corrected chi connectivity index (χ2v) is 6.26. The van der Waals surface area contributed by atoms with Crippen molar-refractivity contribution in [1.82, 2.24) is 10.3 Å². The van der Waals surface area contributed by atoms with E-state index in [-0.39, 0.29) is 5.78 Å². The quantitative estimate of drug-likeness (QED) is 0.841. The molecule has 0 aromatic carbocycles. The van der Waals surface area contributed by atoms with Crippen LogP contribution in [0.2, 0.25) is 0 Å². The van der Waals surface area contributed by atoms with Crippen molar-refractivity contribution in [2.45, 2.75) is 46.1 Å². The predicted molar refractivity (Wildman–Crippen MR) is 70.7 cm³/mol. The van der Waals surface area contributed by atoms with Gasteiger partial charge < -0.3 is 5.32 Å². The van der Waals surface area contributed by atoms with Crippen LogP contribution in [-0.4, -0.2) is 23.4 Å². The highest BCUT2D eigenvalue weighted by atomic mass is 32.1. The van der Waals surface area contributed by atoms with Crippen LogP contribution < -0.4 is 5.32 Å². The first-order valence-corrected chi connectivity index (χ1v) is 7.08. The minimum absolute atomic E-state index is 0.250. The highest BCUT2D eigenvalue weighted by Gasteiger charge is 2.23. The predicted octanol–water partition coefficient (Wildman–Crippen LogP) is 2.72. The Labute approximate surface area is 107 Å². The molecule has 1 fully saturated rings. The molecule has 94 valence electrons. The molecule has 1 aromatic heterocycles. The molecular weight excluding hydrogens is 232 g/mol. The zero-order valence-electron chi connectivity index (χ0n) is 10.7. The van der Waals surface area contributed by atoms with Crippen molar-refractivity contribution in [2.75, 3.05) is 6.54 Å². The van der Waals surface area contributed by atoms with Gasteiger partial charge in [0.25, 0.3) is 0 Å². The topological polar surface area (TPSA) is 42.0 Å². The van der Waals surface area contributed by atoms with Gasteiger partial charge in [0.2, 0.25) is 0 Å². The SMILES string of the molecule is Cc1nc(C)c(C(=O)CC2CC(C)CCN2)s1. The number of carbonyl (C=O) groups is 1. The summed E-state index contributed by atoms with van der Waals surface area (Å²) in [5, 5.41) is 4.42. The number of piperidine rings is 1. The fraction of sp³-hybridized carbons (Fsp3) is 0.692. The molecule has 1 saturated heterocycles. The molecule has 1 aliphatic rings. The molecular formula is C13H20N2OS. The summed E-state index contributed by atoms with van der Waals surface area (Å²) in [6, 6.07) is 0.355. The second-order valence-electron chi connectivity index (χ2n) is 5.06. The minimum Gasteiger partial charge on any atom is -0.314 e. The summed E-state index contributed by atoms with van der Waals surface area (Å²) in [5.74, 6) is 0.984. The minimum atomic E-state index is 0.250. The van der Waals surface area contributed by atoms with Gasteiger partial charge in [0, 0.05) is 12.5 Å². The Morgan fingerprint density at radius 3 is 2.88 bits per heavy atom. The van der Waals surface area contributed by atoms with E-state index in [1.165, 1.54) is 17.8 Å². The summed E-state index contributed by atoms with van der Waals surface area (Å²) >= 11 is 1.52. The molecule has 2 atom stereocenters. The molecule has 4 heteroatoms. The van der Waals surface area contributed by atoms with Crippen LogP contribution in [0.3, 0.4) is 0 Å². The van der Waals surface area contributed by atoms with Crippen molar-refractivity contribution in [2.24, 2.45) is 5.92 Å². The van der Waals surface area contributed by atoms with Gasteiger partial charge in [0.15, 0.2) is 5.78 Å². The van der Waals surface area contributed by atoms with Gasteiger partial charge in [0.1, 0.15) is 0 Å². The first-order valence-electron chi connectivity index (χ1n) is 6.27. The lowest BCUT2D eigenvalue weighted by molar-refractivity contribution is 0.0962. The van der Waals surface area contributed by atoms with Crippen LogP contribution in [0.4, 0.5) is 0 Å². The highest BCUT2D eigenvalue weighted by molar-refractivity contribution is 7.13. The van der Waals surface area contributed by atoms with Gasteiger partial charge in [-0.3, -0.25) is 4.79 Å². The fourth-order valence-electron chi connectivity index (χ4n) is 2.48. The monoisotopic (exact) mass is 252 g/mol. The largest absolute Gasteiger partial charge is 0.314 e. The van der Waals surface area contributed by atoms with Crippen LogP contribution in [0.25, 0.3) is 0 Å². The van der Waals surface area contributed by atoms with E-state index >= 15 is 0 Å². The third-order valence-corrected chi connectivity index (χ3v) is 4.46. The van der Waals surface area contributed by atoms with E-state index in [2.05, 4.69) is 17.2 Å². The molecule has 0 aliphatic carbocycles. The van der Waals surface area contributed by atoms with Gasteiger partial charge >= 0.3 is 0 Å². The molecule has 2 heterocycles. The third kappa shape index (κ3) is 3.13. The third-order valence-electron chi connectivity index (χ3n) is 3.35. The fourth-order valence-corrected chi connectivity index (χ4v) is 3.35. The molecule has 2 unspecified atom stereocenters. The number of aryl methyl sites for hydroxylation is 2. The van der Waals surface area contributed by atoms with E-state index in [0.29, 0.717) is 12.5 Å². The van der Waals surface area contributed by atoms with Gasteiger partial charge in [-0.05, 0) is 39.2 Å². The Kier molecular flexibility index (Phi) is 3.94. The summed E-state index contributed by atoms with van der Waals surface area (Å²) in [6.45, 7) is 7.18. The van der Waals surface area contributed by atoms with Gasteiger partial charge in [-0.15, -0.1) is 11.3 Å². The molecule has 1 N–H and O–H groups in total. The van der Waals surface area contributed by atoms with E-state index in [0.717, 1.165) is 34.5 Å². The Balaban J connectivity index is 1.99. The smallest absolute Gasteiger partial charge is 0.176 e. The molecule has 0 spiro atoms. The van der Waals surface area contributed by atoms with Crippen molar-refractivity contribution < 1.29 is 4.79 Å². The van der Waals surface area contributed by atoms with Crippen LogP contribution in [0.15, 0.2) is 0 Å². The molecule has 0 radical (unpaired) electrons. The number of thiazole rings is 1. The first kappa shape index (κ1) is 12.7. The summed E-state index contributed by atoms with van der Waals surface area (Å²) in [7, 11) is 0. The molecule has 17 heavy (non-hydrogen) atoms. The summed E-state index contributed by atoms with van der Waals surface area (Å²) in [4.78, 5) is 17.4. The summed E-state index contributed by atoms with van der Waals surface area (Å²) < 4.78 is 0. The Hall–Kier alpha value is -0.740. The lowest BCUT2D eigenvalue weighted by Gasteiger charge is -2.27. The Bertz CT molecular complexity index is 414. The van der Waals surface area contributed by atoms with Crippen LogP contribution >= 0.6 is 11.3 Å². The van der Waals surface area contributed by atoms with Gasteiger partial charge in [-0.2, -0.15) is 0 Å². The number of ketones is 1. The maximum atomic E-state index is 12.2. The molecule has 3 nitrogen and oxygen atoms in total. The number of carbonyl (C=O) groups excluding carboxylic acids is 1. The van der Waals surface area contributed by atoms with E-state index in [4.69, 9.17) is 0 Å². The van der Waals surface area contributed by atoms with Crippen LogP contribution in [0.5, 0.6) is 0 Å². The zero-order valence-corrected chi connectivity index (χ0v) is 11.6. The lowest BCUT2D eigenvalue weighted by Crippen LogP contribution is -2.38. The molecule has 1 aliphatic heterocycles. The number of rotatable bonds is 3. The zero-order chi connectivity index (χ0) is 12.4. The lowest BCUT2D eigenvalue weighted by atomic mass is 9.91. The average molecular weight is 252 g/mol. The number of hydrogen-bond donors (Lipinski definition) is 1. The second kappa shape index (κ2) is 5.27. The molecule has 1 aromatic rings. The number of Topliss-reactive ketones (excluding diaryl/α,β-unsaturated/α-hetero) is 1. The normalized spacial score (nSPS) is 24.9. The number of nitrogens with zero attached hydrogens (tertiary/aromatic N) is 1. The van der Waals surface area contributed by atoms with Gasteiger partial charge in [0.05, 0.1) is 15.6 Å². The van der Waals surface area contributed by atoms with Gasteiger partial charge in [-0.1, -0.05) is 6.92 Å². The summed E-state index contributed by atoms with van der Waals surface area (Å²) in [6.07, 6.45) is 2.96. The van der Waals surface area contributed by atoms with Crippen molar-refractivity contribution in [3.05, 3.63) is 15.6 Å². The Morgan fingerprint density at radius 2 is 2.29 bits per heavy atom. The van der Waals surface area contributed by atoms with Gasteiger partial charge in [-0.25, -0.2) is 4.98 Å². The highest BCUT2D eigenvalue weighted by Crippen LogP contribution is 2.23. The van der Waals surface area contributed by atoms with Crippen LogP contribution in [0.1, 0.15) is 46.6 Å².